The highest BCUT2D eigenvalue weighted by Gasteiger charge is 2.55. The van der Waals surface area contributed by atoms with Crippen LogP contribution < -0.4 is 0 Å². The second-order valence-corrected chi connectivity index (χ2v) is 5.35. The van der Waals surface area contributed by atoms with Crippen molar-refractivity contribution in [2.24, 2.45) is 28.2 Å². The van der Waals surface area contributed by atoms with Gasteiger partial charge in [-0.2, -0.15) is 0 Å². The van der Waals surface area contributed by atoms with E-state index in [0.717, 1.165) is 17.8 Å². The highest BCUT2D eigenvalue weighted by atomic mass is 14.7. The summed E-state index contributed by atoms with van der Waals surface area (Å²) < 4.78 is 0. The zero-order valence-electron chi connectivity index (χ0n) is 10.7. The van der Waals surface area contributed by atoms with Gasteiger partial charge in [-0.15, -0.1) is 0 Å². The normalized spacial score (nSPS) is 36.8. The summed E-state index contributed by atoms with van der Waals surface area (Å²) in [5.74, 6) is 2.56. The van der Waals surface area contributed by atoms with Crippen molar-refractivity contribution in [3.05, 3.63) is 12.3 Å². The van der Waals surface area contributed by atoms with Crippen LogP contribution in [0.25, 0.3) is 0 Å². The number of aliphatic imine (C=N–C) groups is 1. The van der Waals surface area contributed by atoms with Gasteiger partial charge >= 0.3 is 0 Å². The van der Waals surface area contributed by atoms with Crippen molar-refractivity contribution >= 4 is 6.72 Å². The van der Waals surface area contributed by atoms with Crippen molar-refractivity contribution in [3.63, 3.8) is 0 Å². The topological polar surface area (TPSA) is 12.4 Å². The van der Waals surface area contributed by atoms with E-state index in [4.69, 9.17) is 0 Å². The Kier molecular flexibility index (Phi) is 4.12. The van der Waals surface area contributed by atoms with E-state index >= 15 is 0 Å². The quantitative estimate of drug-likeness (QED) is 0.576. The van der Waals surface area contributed by atoms with Crippen LogP contribution in [-0.4, -0.2) is 6.72 Å². The molecule has 0 aliphatic heterocycles. The summed E-state index contributed by atoms with van der Waals surface area (Å²) in [6.07, 6.45) is 8.15. The molecule has 0 aromatic rings. The molecular weight excluding hydrogens is 182 g/mol. The van der Waals surface area contributed by atoms with Crippen LogP contribution in [0.3, 0.4) is 0 Å². The Morgan fingerprint density at radius 3 is 2.73 bits per heavy atom. The Bertz CT molecular complexity index is 244. The minimum Gasteiger partial charge on any atom is -0.273 e. The minimum absolute atomic E-state index is 0.397. The number of allylic oxidation sites excluding steroid dienone is 1. The lowest BCUT2D eigenvalue weighted by atomic mass is 9.97. The largest absolute Gasteiger partial charge is 0.273 e. The Hall–Kier alpha value is -0.590. The molecule has 0 amide bonds. The maximum absolute atomic E-state index is 3.81. The van der Waals surface area contributed by atoms with Crippen molar-refractivity contribution in [3.8, 4) is 0 Å². The van der Waals surface area contributed by atoms with Gasteiger partial charge in [-0.05, 0) is 36.3 Å². The van der Waals surface area contributed by atoms with E-state index in [0.29, 0.717) is 5.41 Å². The molecule has 1 aliphatic rings. The zero-order chi connectivity index (χ0) is 11.5. The molecule has 0 heterocycles. The summed E-state index contributed by atoms with van der Waals surface area (Å²) in [5.41, 5.74) is 0.397. The number of hydrogen-bond acceptors (Lipinski definition) is 1. The lowest BCUT2D eigenvalue weighted by Crippen LogP contribution is -1.97. The molecule has 1 nitrogen and oxygen atoms in total. The van der Waals surface area contributed by atoms with E-state index in [9.17, 15) is 0 Å². The Morgan fingerprint density at radius 2 is 2.20 bits per heavy atom. The van der Waals surface area contributed by atoms with Crippen LogP contribution in [0.2, 0.25) is 0 Å². The first-order chi connectivity index (χ1) is 7.06. The first-order valence-electron chi connectivity index (χ1n) is 6.19. The maximum atomic E-state index is 3.81. The molecule has 3 unspecified atom stereocenters. The molecule has 0 radical (unpaired) electrons. The van der Waals surface area contributed by atoms with Crippen LogP contribution in [0.15, 0.2) is 17.3 Å². The molecule has 1 rings (SSSR count). The molecule has 15 heavy (non-hydrogen) atoms. The summed E-state index contributed by atoms with van der Waals surface area (Å²) in [6, 6.07) is 0. The van der Waals surface area contributed by atoms with Gasteiger partial charge in [0.2, 0.25) is 0 Å². The number of rotatable bonds is 6. The fourth-order valence-corrected chi connectivity index (χ4v) is 2.58. The molecule has 0 bridgehead atoms. The van der Waals surface area contributed by atoms with Crippen molar-refractivity contribution in [2.45, 2.75) is 47.0 Å². The second-order valence-electron chi connectivity index (χ2n) is 5.35. The van der Waals surface area contributed by atoms with Gasteiger partial charge in [0, 0.05) is 6.20 Å². The lowest BCUT2D eigenvalue weighted by Gasteiger charge is -2.08. The highest BCUT2D eigenvalue weighted by Crippen LogP contribution is 2.61. The van der Waals surface area contributed by atoms with Gasteiger partial charge in [-0.1, -0.05) is 46.6 Å². The van der Waals surface area contributed by atoms with E-state index in [1.807, 2.05) is 6.20 Å². The third kappa shape index (κ3) is 2.70. The molecule has 0 saturated heterocycles. The molecule has 1 aliphatic carbocycles. The van der Waals surface area contributed by atoms with E-state index in [1.165, 1.54) is 19.3 Å². The van der Waals surface area contributed by atoms with Crippen LogP contribution >= 0.6 is 0 Å². The van der Waals surface area contributed by atoms with Gasteiger partial charge in [-0.25, -0.2) is 0 Å². The first kappa shape index (κ1) is 12.5. The third-order valence-electron chi connectivity index (χ3n) is 4.48. The van der Waals surface area contributed by atoms with Crippen molar-refractivity contribution in [2.75, 3.05) is 0 Å². The number of nitrogens with zero attached hydrogens (tertiary/aromatic N) is 1. The predicted octanol–water partition coefficient (Wildman–Crippen LogP) is 4.30. The molecule has 0 aromatic heterocycles. The molecular formula is C14H25N. The van der Waals surface area contributed by atoms with E-state index in [2.05, 4.69) is 45.5 Å². The summed E-state index contributed by atoms with van der Waals surface area (Å²) in [6.45, 7) is 12.8. The second kappa shape index (κ2) is 4.96. The third-order valence-corrected chi connectivity index (χ3v) is 4.48. The van der Waals surface area contributed by atoms with Crippen molar-refractivity contribution in [1.82, 2.24) is 0 Å². The van der Waals surface area contributed by atoms with Gasteiger partial charge in [0.25, 0.3) is 0 Å². The molecule has 86 valence electrons. The average molecular weight is 207 g/mol. The fraction of sp³-hybridized carbons (Fsp3) is 0.786. The number of hydrogen-bond donors (Lipinski definition) is 0. The molecule has 1 saturated carbocycles. The van der Waals surface area contributed by atoms with Crippen LogP contribution in [-0.2, 0) is 0 Å². The maximum Gasteiger partial charge on any atom is 0.0226 e. The van der Waals surface area contributed by atoms with E-state index in [-0.39, 0.29) is 0 Å². The van der Waals surface area contributed by atoms with Crippen molar-refractivity contribution in [1.29, 1.82) is 0 Å². The molecule has 0 aromatic carbocycles. The molecule has 4 atom stereocenters. The Morgan fingerprint density at radius 1 is 1.53 bits per heavy atom. The summed E-state index contributed by atoms with van der Waals surface area (Å²) in [5, 5.41) is 0. The summed E-state index contributed by atoms with van der Waals surface area (Å²) >= 11 is 0. The van der Waals surface area contributed by atoms with Gasteiger partial charge in [0.05, 0.1) is 0 Å². The molecule has 0 N–H and O–H groups in total. The minimum atomic E-state index is 0.397. The summed E-state index contributed by atoms with van der Waals surface area (Å²) in [4.78, 5) is 3.81. The van der Waals surface area contributed by atoms with Gasteiger partial charge in [0.1, 0.15) is 0 Å². The lowest BCUT2D eigenvalue weighted by molar-refractivity contribution is 0.452. The van der Waals surface area contributed by atoms with Crippen LogP contribution in [0.4, 0.5) is 0 Å². The average Bonchev–Trinajstić information content (AvgIpc) is 2.75. The predicted molar refractivity (Wildman–Crippen MR) is 68.1 cm³/mol. The first-order valence-corrected chi connectivity index (χ1v) is 6.19. The fourth-order valence-electron chi connectivity index (χ4n) is 2.58. The molecule has 0 spiro atoms. The molecule has 1 fully saturated rings. The van der Waals surface area contributed by atoms with Crippen LogP contribution in [0.1, 0.15) is 47.0 Å². The van der Waals surface area contributed by atoms with Crippen LogP contribution in [0, 0.1) is 23.2 Å². The molecule has 1 heteroatoms. The SMILES string of the molecule is C=N/C=C\C1(C)C(CCC(C)CC)[C@H]1C. The van der Waals surface area contributed by atoms with Crippen molar-refractivity contribution < 1.29 is 0 Å². The van der Waals surface area contributed by atoms with Gasteiger partial charge in [0.15, 0.2) is 0 Å². The van der Waals surface area contributed by atoms with Gasteiger partial charge in [-0.3, -0.25) is 4.99 Å². The Balaban J connectivity index is 2.39. The smallest absolute Gasteiger partial charge is 0.0226 e. The Labute approximate surface area is 94.7 Å². The van der Waals surface area contributed by atoms with Gasteiger partial charge < -0.3 is 0 Å². The van der Waals surface area contributed by atoms with E-state index < -0.39 is 0 Å². The van der Waals surface area contributed by atoms with E-state index in [1.54, 1.807) is 0 Å². The standard InChI is InChI=1S/C14H25N/c1-6-11(2)7-8-13-12(3)14(13,4)9-10-15-5/h9-13H,5-8H2,1-4H3/b10-9-/t11?,12-,13?,14?/m1/s1. The summed E-state index contributed by atoms with van der Waals surface area (Å²) in [7, 11) is 0. The van der Waals surface area contributed by atoms with Crippen LogP contribution in [0.5, 0.6) is 0 Å². The monoisotopic (exact) mass is 207 g/mol. The zero-order valence-corrected chi connectivity index (χ0v) is 10.7. The highest BCUT2D eigenvalue weighted by molar-refractivity contribution is 5.27.